The topological polar surface area (TPSA) is 159 Å². The first-order valence-electron chi connectivity index (χ1n) is 14.5. The minimum Gasteiger partial charge on any atom is -0.480 e. The van der Waals surface area contributed by atoms with Crippen LogP contribution in [-0.2, 0) is 43.2 Å². The number of amides is 2. The van der Waals surface area contributed by atoms with Crippen molar-refractivity contribution in [3.8, 4) is 0 Å². The van der Waals surface area contributed by atoms with E-state index in [2.05, 4.69) is 17.6 Å². The number of fused-ring (bicyclic) bond motifs is 2. The van der Waals surface area contributed by atoms with Gasteiger partial charge in [0.1, 0.15) is 6.04 Å². The van der Waals surface area contributed by atoms with Crippen LogP contribution in [0.1, 0.15) is 86.0 Å². The molecule has 5 fully saturated rings. The van der Waals surface area contributed by atoms with Crippen LogP contribution in [0.15, 0.2) is 0 Å². The van der Waals surface area contributed by atoms with E-state index in [1.807, 2.05) is 13.8 Å². The molecule has 0 radical (unpaired) electrons. The summed E-state index contributed by atoms with van der Waals surface area (Å²) < 4.78 is 18.2. The lowest BCUT2D eigenvalue weighted by molar-refractivity contribution is -0.576. The zero-order valence-corrected chi connectivity index (χ0v) is 24.1. The summed E-state index contributed by atoms with van der Waals surface area (Å²) in [6, 6.07) is -0.953. The van der Waals surface area contributed by atoms with Crippen molar-refractivity contribution in [3.63, 3.8) is 0 Å². The van der Waals surface area contributed by atoms with Gasteiger partial charge in [0.15, 0.2) is 11.9 Å². The van der Waals surface area contributed by atoms with Gasteiger partial charge in [0, 0.05) is 37.6 Å². The Morgan fingerprint density at radius 3 is 2.45 bits per heavy atom. The molecular formula is C28H44N2O10. The van der Waals surface area contributed by atoms with Crippen LogP contribution < -0.4 is 10.6 Å². The smallest absolute Gasteiger partial charge is 0.326 e. The second-order valence-corrected chi connectivity index (χ2v) is 12.3. The third kappa shape index (κ3) is 6.29. The molecule has 2 bridgehead atoms. The van der Waals surface area contributed by atoms with Gasteiger partial charge in [-0.15, -0.1) is 0 Å². The molecule has 1 aliphatic carbocycles. The molecule has 0 unspecified atom stereocenters. The first kappa shape index (κ1) is 30.7. The molecule has 5 aliphatic rings. The fourth-order valence-electron chi connectivity index (χ4n) is 6.74. The van der Waals surface area contributed by atoms with E-state index in [1.54, 1.807) is 13.8 Å². The number of carboxylic acids is 1. The third-order valence-electron chi connectivity index (χ3n) is 9.05. The fraction of sp³-hybridized carbons (Fsp3) is 0.857. The minimum absolute atomic E-state index is 0.0275. The second kappa shape index (κ2) is 12.3. The summed E-state index contributed by atoms with van der Waals surface area (Å²) in [4.78, 5) is 60.0. The maximum atomic E-state index is 12.7. The number of ether oxygens (including phenoxy) is 3. The quantitative estimate of drug-likeness (QED) is 0.192. The van der Waals surface area contributed by atoms with Crippen molar-refractivity contribution in [3.05, 3.63) is 0 Å². The summed E-state index contributed by atoms with van der Waals surface area (Å²) in [5.74, 6) is -3.01. The molecule has 226 valence electrons. The van der Waals surface area contributed by atoms with Gasteiger partial charge in [-0.2, -0.15) is 0 Å². The van der Waals surface area contributed by atoms with E-state index in [0.717, 1.165) is 19.3 Å². The van der Waals surface area contributed by atoms with E-state index in [1.165, 1.54) is 0 Å². The molecule has 2 amide bonds. The summed E-state index contributed by atoms with van der Waals surface area (Å²) in [6.07, 6.45) is 2.21. The molecule has 4 heterocycles. The highest BCUT2D eigenvalue weighted by atomic mass is 17.3. The van der Waals surface area contributed by atoms with E-state index in [-0.39, 0.29) is 55.4 Å². The van der Waals surface area contributed by atoms with Gasteiger partial charge in [0.05, 0.1) is 6.42 Å². The van der Waals surface area contributed by atoms with Crippen molar-refractivity contribution in [2.75, 3.05) is 6.54 Å². The molecule has 1 saturated carbocycles. The van der Waals surface area contributed by atoms with Gasteiger partial charge in [0.25, 0.3) is 0 Å². The highest BCUT2D eigenvalue weighted by molar-refractivity contribution is 5.84. The molecule has 12 heteroatoms. The molecule has 5 rings (SSSR count). The van der Waals surface area contributed by atoms with Crippen LogP contribution in [0.3, 0.4) is 0 Å². The Kier molecular flexibility index (Phi) is 9.43. The summed E-state index contributed by atoms with van der Waals surface area (Å²) in [5, 5.41) is 14.3. The average molecular weight is 569 g/mol. The largest absolute Gasteiger partial charge is 0.480 e. The van der Waals surface area contributed by atoms with Crippen molar-refractivity contribution in [1.82, 2.24) is 10.6 Å². The first-order chi connectivity index (χ1) is 18.9. The molecule has 40 heavy (non-hydrogen) atoms. The van der Waals surface area contributed by atoms with Gasteiger partial charge in [-0.3, -0.25) is 14.4 Å². The summed E-state index contributed by atoms with van der Waals surface area (Å²) in [6.45, 7) is 9.72. The number of carbonyl (C=O) groups is 4. The van der Waals surface area contributed by atoms with Crippen molar-refractivity contribution in [2.45, 2.75) is 116 Å². The number of aliphatic carboxylic acids is 1. The Bertz CT molecular complexity index is 975. The Labute approximate surface area is 235 Å². The number of hydrogen-bond donors (Lipinski definition) is 3. The van der Waals surface area contributed by atoms with Gasteiger partial charge >= 0.3 is 11.9 Å². The van der Waals surface area contributed by atoms with E-state index < -0.39 is 47.9 Å². The highest BCUT2D eigenvalue weighted by Gasteiger charge is 2.69. The number of nitrogens with one attached hydrogen (secondary N) is 2. The molecule has 4 aliphatic heterocycles. The van der Waals surface area contributed by atoms with Gasteiger partial charge in [-0.1, -0.05) is 27.7 Å². The van der Waals surface area contributed by atoms with Gasteiger partial charge in [-0.05, 0) is 50.4 Å². The normalized spacial score (nSPS) is 37.1. The maximum absolute atomic E-state index is 12.7. The standard InChI is InChI=1S/C28H44N2O10/c1-15(2)23(24(34)35)30-21(32)7-6-14-29-20(31)10-11-22(33)36-25-17(4)19-9-8-16(3)18-12-13-27(5)38-26(37-25)28(18,19)40-39-27/h15-19,23,25-26H,6-14H2,1-5H3,(H,29,31)(H,30,32)(H,34,35)/t16-,17-,18+,19+,23+,25-,26-,27+,28-/m1/s1. The summed E-state index contributed by atoms with van der Waals surface area (Å²) in [7, 11) is 0. The Morgan fingerprint density at radius 1 is 1.00 bits per heavy atom. The molecule has 0 aromatic heterocycles. The zero-order chi connectivity index (χ0) is 29.2. The number of esters is 1. The maximum Gasteiger partial charge on any atom is 0.326 e. The molecule has 9 atom stereocenters. The molecule has 0 aromatic rings. The molecule has 1 spiro atoms. The predicted molar refractivity (Wildman–Crippen MR) is 139 cm³/mol. The molecule has 12 nitrogen and oxygen atoms in total. The lowest BCUT2D eigenvalue weighted by Gasteiger charge is -2.59. The van der Waals surface area contributed by atoms with Crippen LogP contribution in [0.4, 0.5) is 0 Å². The van der Waals surface area contributed by atoms with E-state index in [9.17, 15) is 19.2 Å². The Morgan fingerprint density at radius 2 is 1.75 bits per heavy atom. The van der Waals surface area contributed by atoms with E-state index in [0.29, 0.717) is 18.8 Å². The zero-order valence-electron chi connectivity index (χ0n) is 24.1. The average Bonchev–Trinajstić information content (AvgIpc) is 3.12. The number of carbonyl (C=O) groups excluding carboxylic acids is 3. The SMILES string of the molecule is CC(C)[C@H](NC(=O)CCCNC(=O)CCC(=O)O[C@@H]1O[C@@H]2O[C@]3(C)CC[C@H]4[C@H](C)CC[C@@H]([C@H]1C)[C@@]24OO3)C(=O)O. The van der Waals surface area contributed by atoms with E-state index >= 15 is 0 Å². The summed E-state index contributed by atoms with van der Waals surface area (Å²) >= 11 is 0. The molecule has 4 saturated heterocycles. The van der Waals surface area contributed by atoms with Gasteiger partial charge < -0.3 is 30.0 Å². The van der Waals surface area contributed by atoms with Crippen molar-refractivity contribution in [2.24, 2.45) is 29.6 Å². The van der Waals surface area contributed by atoms with Crippen LogP contribution in [0, 0.1) is 29.6 Å². The van der Waals surface area contributed by atoms with Crippen molar-refractivity contribution < 1.29 is 48.3 Å². The fourth-order valence-corrected chi connectivity index (χ4v) is 6.74. The van der Waals surface area contributed by atoms with Gasteiger partial charge in [0.2, 0.25) is 23.9 Å². The van der Waals surface area contributed by atoms with Crippen LogP contribution in [0.2, 0.25) is 0 Å². The second-order valence-electron chi connectivity index (χ2n) is 12.3. The van der Waals surface area contributed by atoms with Crippen LogP contribution >= 0.6 is 0 Å². The molecule has 3 N–H and O–H groups in total. The van der Waals surface area contributed by atoms with Crippen molar-refractivity contribution >= 4 is 23.8 Å². The minimum atomic E-state index is -1.08. The highest BCUT2D eigenvalue weighted by Crippen LogP contribution is 2.60. The number of hydrogen-bond acceptors (Lipinski definition) is 9. The van der Waals surface area contributed by atoms with Crippen LogP contribution in [-0.4, -0.2) is 65.4 Å². The molecule has 0 aromatic carbocycles. The van der Waals surface area contributed by atoms with Crippen LogP contribution in [0.25, 0.3) is 0 Å². The summed E-state index contributed by atoms with van der Waals surface area (Å²) in [5.41, 5.74) is -0.740. The first-order valence-corrected chi connectivity index (χ1v) is 14.5. The Hall–Kier alpha value is -2.28. The van der Waals surface area contributed by atoms with Gasteiger partial charge in [-0.25, -0.2) is 14.6 Å². The molecular weight excluding hydrogens is 524 g/mol. The predicted octanol–water partition coefficient (Wildman–Crippen LogP) is 2.64. The lowest BCUT2D eigenvalue weighted by atomic mass is 9.58. The van der Waals surface area contributed by atoms with Crippen LogP contribution in [0.5, 0.6) is 0 Å². The van der Waals surface area contributed by atoms with E-state index in [4.69, 9.17) is 29.1 Å². The number of rotatable bonds is 11. The monoisotopic (exact) mass is 568 g/mol. The Balaban J connectivity index is 1.22. The van der Waals surface area contributed by atoms with Crippen molar-refractivity contribution in [1.29, 1.82) is 0 Å². The third-order valence-corrected chi connectivity index (χ3v) is 9.05. The lowest BCUT2D eigenvalue weighted by Crippen LogP contribution is -2.70. The number of carboxylic acid groups (broad SMARTS) is 1.